The SMILES string of the molecule is CN(C)C(=O)c1ccc(-c2cc3cnc(Nc4ccc(C(=O)O)cc4)cc3[nH]2)cc1. The molecule has 2 heterocycles. The van der Waals surface area contributed by atoms with Crippen LogP contribution in [0.1, 0.15) is 20.7 Å². The zero-order chi connectivity index (χ0) is 21.3. The van der Waals surface area contributed by atoms with Gasteiger partial charge in [-0.3, -0.25) is 4.79 Å². The minimum atomic E-state index is -0.959. The molecule has 0 unspecified atom stereocenters. The number of aromatic amines is 1. The fraction of sp³-hybridized carbons (Fsp3) is 0.0870. The number of carboxylic acid groups (broad SMARTS) is 1. The van der Waals surface area contributed by atoms with Gasteiger partial charge in [-0.25, -0.2) is 9.78 Å². The van der Waals surface area contributed by atoms with E-state index in [0.717, 1.165) is 27.8 Å². The number of hydrogen-bond acceptors (Lipinski definition) is 4. The normalized spacial score (nSPS) is 10.7. The van der Waals surface area contributed by atoms with E-state index in [9.17, 15) is 9.59 Å². The Morgan fingerprint density at radius 3 is 2.27 bits per heavy atom. The monoisotopic (exact) mass is 400 g/mol. The van der Waals surface area contributed by atoms with Crippen molar-refractivity contribution in [2.45, 2.75) is 0 Å². The van der Waals surface area contributed by atoms with Gasteiger partial charge in [-0.05, 0) is 48.0 Å². The first-order chi connectivity index (χ1) is 14.4. The number of carbonyl (C=O) groups excluding carboxylic acids is 1. The molecule has 0 saturated carbocycles. The Morgan fingerprint density at radius 1 is 0.967 bits per heavy atom. The number of H-pyrrole nitrogens is 1. The highest BCUT2D eigenvalue weighted by Crippen LogP contribution is 2.26. The van der Waals surface area contributed by atoms with Crippen molar-refractivity contribution < 1.29 is 14.7 Å². The maximum atomic E-state index is 12.0. The lowest BCUT2D eigenvalue weighted by Crippen LogP contribution is -2.21. The Morgan fingerprint density at radius 2 is 1.63 bits per heavy atom. The van der Waals surface area contributed by atoms with E-state index >= 15 is 0 Å². The van der Waals surface area contributed by atoms with Gasteiger partial charge in [0, 0.05) is 48.7 Å². The summed E-state index contributed by atoms with van der Waals surface area (Å²) in [5, 5.41) is 13.1. The number of rotatable bonds is 5. The van der Waals surface area contributed by atoms with Crippen molar-refractivity contribution >= 4 is 34.3 Å². The largest absolute Gasteiger partial charge is 0.478 e. The third kappa shape index (κ3) is 3.86. The Bertz CT molecular complexity index is 1230. The van der Waals surface area contributed by atoms with Gasteiger partial charge in [0.15, 0.2) is 0 Å². The lowest BCUT2D eigenvalue weighted by Gasteiger charge is -2.10. The molecule has 0 atom stereocenters. The molecule has 7 nitrogen and oxygen atoms in total. The van der Waals surface area contributed by atoms with Gasteiger partial charge in [0.25, 0.3) is 5.91 Å². The van der Waals surface area contributed by atoms with Crippen LogP contribution in [0, 0.1) is 0 Å². The van der Waals surface area contributed by atoms with Crippen molar-refractivity contribution in [2.75, 3.05) is 19.4 Å². The third-order valence-corrected chi connectivity index (χ3v) is 4.76. The quantitative estimate of drug-likeness (QED) is 0.462. The van der Waals surface area contributed by atoms with Crippen molar-refractivity contribution in [3.8, 4) is 11.3 Å². The molecule has 0 bridgehead atoms. The molecule has 3 N–H and O–H groups in total. The molecule has 0 fully saturated rings. The van der Waals surface area contributed by atoms with Crippen LogP contribution in [0.2, 0.25) is 0 Å². The van der Waals surface area contributed by atoms with E-state index in [1.165, 1.54) is 0 Å². The second-order valence-electron chi connectivity index (χ2n) is 7.12. The van der Waals surface area contributed by atoms with E-state index in [4.69, 9.17) is 5.11 Å². The van der Waals surface area contributed by atoms with E-state index in [2.05, 4.69) is 15.3 Å². The second-order valence-corrected chi connectivity index (χ2v) is 7.12. The number of benzene rings is 2. The van der Waals surface area contributed by atoms with Crippen LogP contribution in [0.25, 0.3) is 22.2 Å². The van der Waals surface area contributed by atoms with Crippen LogP contribution in [-0.2, 0) is 0 Å². The average molecular weight is 400 g/mol. The van der Waals surface area contributed by atoms with Gasteiger partial charge in [-0.15, -0.1) is 0 Å². The Hall–Kier alpha value is -4.13. The predicted molar refractivity (Wildman–Crippen MR) is 116 cm³/mol. The number of fused-ring (bicyclic) bond motifs is 1. The number of nitrogens with one attached hydrogen (secondary N) is 2. The summed E-state index contributed by atoms with van der Waals surface area (Å²) in [5.74, 6) is -0.348. The average Bonchev–Trinajstić information content (AvgIpc) is 3.17. The second kappa shape index (κ2) is 7.71. The molecule has 4 aromatic rings. The molecule has 2 aromatic heterocycles. The Kier molecular flexibility index (Phi) is 4.93. The highest BCUT2D eigenvalue weighted by atomic mass is 16.4. The number of aromatic carboxylic acids is 1. The lowest BCUT2D eigenvalue weighted by atomic mass is 10.1. The van der Waals surface area contributed by atoms with Crippen LogP contribution in [0.3, 0.4) is 0 Å². The molecule has 0 aliphatic rings. The first kappa shape index (κ1) is 19.2. The van der Waals surface area contributed by atoms with Gasteiger partial charge in [0.1, 0.15) is 5.82 Å². The minimum Gasteiger partial charge on any atom is -0.478 e. The molecule has 0 aliphatic carbocycles. The zero-order valence-electron chi connectivity index (χ0n) is 16.5. The van der Waals surface area contributed by atoms with Crippen molar-refractivity contribution in [2.24, 2.45) is 0 Å². The zero-order valence-corrected chi connectivity index (χ0v) is 16.5. The summed E-state index contributed by atoms with van der Waals surface area (Å²) in [6.45, 7) is 0. The van der Waals surface area contributed by atoms with Gasteiger partial charge in [-0.1, -0.05) is 12.1 Å². The standard InChI is InChI=1S/C23H20N4O3/c1-27(2)22(28)15-5-3-14(4-6-15)19-11-17-13-24-21(12-20(17)26-19)25-18-9-7-16(8-10-18)23(29)30/h3-13,26H,1-2H3,(H,24,25)(H,29,30). The number of pyridine rings is 1. The summed E-state index contributed by atoms with van der Waals surface area (Å²) >= 11 is 0. The topological polar surface area (TPSA) is 98.3 Å². The van der Waals surface area contributed by atoms with E-state index in [1.54, 1.807) is 49.5 Å². The van der Waals surface area contributed by atoms with Gasteiger partial charge >= 0.3 is 5.97 Å². The highest BCUT2D eigenvalue weighted by molar-refractivity contribution is 5.94. The molecule has 0 radical (unpaired) electrons. The maximum Gasteiger partial charge on any atom is 0.335 e. The predicted octanol–water partition coefficient (Wildman–Crippen LogP) is 4.37. The number of aromatic nitrogens is 2. The number of amides is 1. The van der Waals surface area contributed by atoms with Crippen LogP contribution < -0.4 is 5.32 Å². The maximum absolute atomic E-state index is 12.0. The number of hydrogen-bond donors (Lipinski definition) is 3. The molecule has 2 aromatic carbocycles. The highest BCUT2D eigenvalue weighted by Gasteiger charge is 2.10. The van der Waals surface area contributed by atoms with E-state index in [1.807, 2.05) is 36.4 Å². The molecule has 0 aliphatic heterocycles. The van der Waals surface area contributed by atoms with Crippen LogP contribution in [-0.4, -0.2) is 45.9 Å². The summed E-state index contributed by atoms with van der Waals surface area (Å²) in [5.41, 5.74) is 4.44. The summed E-state index contributed by atoms with van der Waals surface area (Å²) in [4.78, 5) is 32.4. The van der Waals surface area contributed by atoms with Gasteiger partial charge < -0.3 is 20.3 Å². The molecule has 0 saturated heterocycles. The van der Waals surface area contributed by atoms with Crippen LogP contribution >= 0.6 is 0 Å². The number of carbonyl (C=O) groups is 2. The molecule has 150 valence electrons. The Labute approximate surface area is 173 Å². The van der Waals surface area contributed by atoms with Gasteiger partial charge in [-0.2, -0.15) is 0 Å². The van der Waals surface area contributed by atoms with Gasteiger partial charge in [0.05, 0.1) is 11.1 Å². The van der Waals surface area contributed by atoms with Crippen molar-refractivity contribution in [1.29, 1.82) is 0 Å². The Balaban J connectivity index is 1.56. The van der Waals surface area contributed by atoms with E-state index in [0.29, 0.717) is 11.4 Å². The summed E-state index contributed by atoms with van der Waals surface area (Å²) in [6, 6.07) is 17.9. The van der Waals surface area contributed by atoms with Crippen molar-refractivity contribution in [1.82, 2.24) is 14.9 Å². The molecule has 30 heavy (non-hydrogen) atoms. The minimum absolute atomic E-state index is 0.0329. The molecule has 0 spiro atoms. The first-order valence-corrected chi connectivity index (χ1v) is 9.32. The molecule has 4 rings (SSSR count). The van der Waals surface area contributed by atoms with Crippen LogP contribution in [0.4, 0.5) is 11.5 Å². The van der Waals surface area contributed by atoms with Crippen molar-refractivity contribution in [3.63, 3.8) is 0 Å². The summed E-state index contributed by atoms with van der Waals surface area (Å²) < 4.78 is 0. The fourth-order valence-electron chi connectivity index (χ4n) is 3.14. The third-order valence-electron chi connectivity index (χ3n) is 4.76. The van der Waals surface area contributed by atoms with Crippen LogP contribution in [0.5, 0.6) is 0 Å². The fourth-order valence-corrected chi connectivity index (χ4v) is 3.14. The molecule has 1 amide bonds. The smallest absolute Gasteiger partial charge is 0.335 e. The summed E-state index contributed by atoms with van der Waals surface area (Å²) in [7, 11) is 3.46. The number of nitrogens with zero attached hydrogens (tertiary/aromatic N) is 2. The van der Waals surface area contributed by atoms with Crippen molar-refractivity contribution in [3.05, 3.63) is 78.0 Å². The van der Waals surface area contributed by atoms with E-state index < -0.39 is 5.97 Å². The number of carboxylic acids is 1. The molecular formula is C23H20N4O3. The van der Waals surface area contributed by atoms with E-state index in [-0.39, 0.29) is 11.5 Å². The first-order valence-electron chi connectivity index (χ1n) is 9.32. The molecule has 7 heteroatoms. The number of anilines is 2. The van der Waals surface area contributed by atoms with Gasteiger partial charge in [0.2, 0.25) is 0 Å². The summed E-state index contributed by atoms with van der Waals surface area (Å²) in [6.07, 6.45) is 1.77. The molecular weight excluding hydrogens is 380 g/mol. The lowest BCUT2D eigenvalue weighted by molar-refractivity contribution is 0.0696. The van der Waals surface area contributed by atoms with Crippen LogP contribution in [0.15, 0.2) is 66.9 Å².